The van der Waals surface area contributed by atoms with Crippen molar-refractivity contribution >= 4 is 10.0 Å². The first kappa shape index (κ1) is 16.1. The minimum atomic E-state index is -3.31. The molecular formula is C16H20FN3O2S. The second-order valence-electron chi connectivity index (χ2n) is 6.92. The van der Waals surface area contributed by atoms with E-state index in [-0.39, 0.29) is 17.3 Å². The molecule has 0 saturated heterocycles. The Kier molecular flexibility index (Phi) is 3.80. The van der Waals surface area contributed by atoms with Crippen molar-refractivity contribution in [1.29, 1.82) is 0 Å². The van der Waals surface area contributed by atoms with E-state index in [4.69, 9.17) is 0 Å². The van der Waals surface area contributed by atoms with Crippen molar-refractivity contribution in [2.75, 3.05) is 6.26 Å². The van der Waals surface area contributed by atoms with Crippen LogP contribution in [0.25, 0.3) is 5.69 Å². The Hall–Kier alpha value is -1.73. The number of hydrogen-bond acceptors (Lipinski definition) is 3. The molecule has 2 aromatic rings. The minimum absolute atomic E-state index is 0.0623. The van der Waals surface area contributed by atoms with E-state index < -0.39 is 10.0 Å². The molecule has 0 fully saturated rings. The Morgan fingerprint density at radius 2 is 1.96 bits per heavy atom. The Morgan fingerprint density at radius 3 is 2.57 bits per heavy atom. The van der Waals surface area contributed by atoms with Crippen LogP contribution in [0.15, 0.2) is 30.5 Å². The summed E-state index contributed by atoms with van der Waals surface area (Å²) in [5, 5.41) is 4.40. The highest BCUT2D eigenvalue weighted by molar-refractivity contribution is 7.88. The predicted molar refractivity (Wildman–Crippen MR) is 86.3 cm³/mol. The van der Waals surface area contributed by atoms with E-state index in [1.165, 1.54) is 18.4 Å². The van der Waals surface area contributed by atoms with Crippen LogP contribution < -0.4 is 4.72 Å². The van der Waals surface area contributed by atoms with E-state index in [0.29, 0.717) is 6.42 Å². The third kappa shape index (κ3) is 3.45. The maximum atomic E-state index is 13.1. The lowest BCUT2D eigenvalue weighted by Crippen LogP contribution is -2.36. The molecule has 1 N–H and O–H groups in total. The average Bonchev–Trinajstić information content (AvgIpc) is 2.80. The van der Waals surface area contributed by atoms with Crippen molar-refractivity contribution in [2.45, 2.75) is 32.7 Å². The van der Waals surface area contributed by atoms with Gasteiger partial charge in [0.2, 0.25) is 10.0 Å². The summed E-state index contributed by atoms with van der Waals surface area (Å²) in [5.41, 5.74) is 2.56. The van der Waals surface area contributed by atoms with Gasteiger partial charge in [-0.2, -0.15) is 5.10 Å². The summed E-state index contributed by atoms with van der Waals surface area (Å²) in [5.74, 6) is -0.299. The van der Waals surface area contributed by atoms with Gasteiger partial charge in [0.15, 0.2) is 0 Å². The monoisotopic (exact) mass is 337 g/mol. The molecule has 1 aromatic heterocycles. The van der Waals surface area contributed by atoms with Gasteiger partial charge in [-0.25, -0.2) is 22.2 Å². The fourth-order valence-electron chi connectivity index (χ4n) is 3.21. The number of hydrogen-bond donors (Lipinski definition) is 1. The quantitative estimate of drug-likeness (QED) is 0.936. The molecule has 0 saturated carbocycles. The lowest BCUT2D eigenvalue weighted by molar-refractivity contribution is 0.269. The first-order chi connectivity index (χ1) is 10.6. The van der Waals surface area contributed by atoms with Crippen LogP contribution in [-0.2, 0) is 16.4 Å². The highest BCUT2D eigenvalue weighted by atomic mass is 32.2. The van der Waals surface area contributed by atoms with Crippen molar-refractivity contribution in [3.8, 4) is 5.69 Å². The maximum absolute atomic E-state index is 13.1. The molecule has 7 heteroatoms. The summed E-state index contributed by atoms with van der Waals surface area (Å²) in [6, 6.07) is 5.83. The fourth-order valence-corrected chi connectivity index (χ4v) is 3.94. The molecule has 1 heterocycles. The van der Waals surface area contributed by atoms with Gasteiger partial charge in [-0.1, -0.05) is 13.8 Å². The SMILES string of the molecule is CC1(C)Cc2c(cnn2-c2ccc(F)cc2)C(NS(C)(=O)=O)C1. The van der Waals surface area contributed by atoms with Gasteiger partial charge in [0.1, 0.15) is 5.82 Å². The zero-order valence-corrected chi connectivity index (χ0v) is 14.2. The largest absolute Gasteiger partial charge is 0.237 e. The third-order valence-electron chi connectivity index (χ3n) is 4.11. The number of benzene rings is 1. The van der Waals surface area contributed by atoms with Crippen LogP contribution in [0.5, 0.6) is 0 Å². The van der Waals surface area contributed by atoms with Crippen LogP contribution in [0, 0.1) is 11.2 Å². The van der Waals surface area contributed by atoms with Crippen LogP contribution in [0.4, 0.5) is 4.39 Å². The van der Waals surface area contributed by atoms with Gasteiger partial charge in [-0.05, 0) is 42.5 Å². The Morgan fingerprint density at radius 1 is 1.30 bits per heavy atom. The minimum Gasteiger partial charge on any atom is -0.237 e. The zero-order chi connectivity index (χ0) is 16.8. The third-order valence-corrected chi connectivity index (χ3v) is 4.82. The van der Waals surface area contributed by atoms with Crippen LogP contribution >= 0.6 is 0 Å². The smallest absolute Gasteiger partial charge is 0.209 e. The summed E-state index contributed by atoms with van der Waals surface area (Å²) in [6.45, 7) is 4.21. The predicted octanol–water partition coefficient (Wildman–Crippen LogP) is 2.57. The fraction of sp³-hybridized carbons (Fsp3) is 0.438. The molecule has 1 unspecified atom stereocenters. The number of nitrogens with one attached hydrogen (secondary N) is 1. The molecule has 1 aliphatic rings. The van der Waals surface area contributed by atoms with E-state index in [1.807, 2.05) is 0 Å². The summed E-state index contributed by atoms with van der Waals surface area (Å²) in [7, 11) is -3.31. The molecular weight excluding hydrogens is 317 g/mol. The van der Waals surface area contributed by atoms with Crippen LogP contribution in [0.2, 0.25) is 0 Å². The standard InChI is InChI=1S/C16H20FN3O2S/c1-16(2)8-14(19-23(3,21)22)13-10-18-20(15(13)9-16)12-6-4-11(17)5-7-12/h4-7,10,14,19H,8-9H2,1-3H3. The Labute approximate surface area is 135 Å². The molecule has 23 heavy (non-hydrogen) atoms. The highest BCUT2D eigenvalue weighted by Crippen LogP contribution is 2.41. The van der Waals surface area contributed by atoms with Crippen molar-refractivity contribution in [3.05, 3.63) is 47.5 Å². The van der Waals surface area contributed by atoms with Crippen LogP contribution in [0.3, 0.4) is 0 Å². The van der Waals surface area contributed by atoms with Crippen molar-refractivity contribution in [2.24, 2.45) is 5.41 Å². The van der Waals surface area contributed by atoms with Gasteiger partial charge in [0.05, 0.1) is 24.2 Å². The number of aromatic nitrogens is 2. The molecule has 0 radical (unpaired) electrons. The van der Waals surface area contributed by atoms with E-state index in [1.54, 1.807) is 23.0 Å². The second-order valence-corrected chi connectivity index (χ2v) is 8.70. The average molecular weight is 337 g/mol. The number of fused-ring (bicyclic) bond motifs is 1. The summed E-state index contributed by atoms with van der Waals surface area (Å²) in [4.78, 5) is 0. The van der Waals surface area contributed by atoms with Gasteiger partial charge in [0.25, 0.3) is 0 Å². The van der Waals surface area contributed by atoms with Gasteiger partial charge in [0, 0.05) is 11.3 Å². The Balaban J connectivity index is 2.06. The van der Waals surface area contributed by atoms with E-state index in [2.05, 4.69) is 23.7 Å². The number of nitrogens with zero attached hydrogens (tertiary/aromatic N) is 2. The zero-order valence-electron chi connectivity index (χ0n) is 13.4. The first-order valence-corrected chi connectivity index (χ1v) is 9.34. The van der Waals surface area contributed by atoms with Gasteiger partial charge in [-0.15, -0.1) is 0 Å². The summed E-state index contributed by atoms with van der Waals surface area (Å²) in [6.07, 6.45) is 4.36. The molecule has 5 nitrogen and oxygen atoms in total. The lowest BCUT2D eigenvalue weighted by atomic mass is 9.74. The van der Waals surface area contributed by atoms with Crippen molar-refractivity contribution < 1.29 is 12.8 Å². The lowest BCUT2D eigenvalue weighted by Gasteiger charge is -2.35. The molecule has 1 aliphatic carbocycles. The molecule has 0 amide bonds. The molecule has 0 aliphatic heterocycles. The van der Waals surface area contributed by atoms with E-state index >= 15 is 0 Å². The summed E-state index contributed by atoms with van der Waals surface area (Å²) >= 11 is 0. The van der Waals surface area contributed by atoms with Crippen LogP contribution in [0.1, 0.15) is 37.6 Å². The normalized spacial score (nSPS) is 20.3. The summed E-state index contributed by atoms with van der Waals surface area (Å²) < 4.78 is 40.9. The topological polar surface area (TPSA) is 64.0 Å². The number of halogens is 1. The van der Waals surface area contributed by atoms with Crippen LogP contribution in [-0.4, -0.2) is 24.5 Å². The molecule has 3 rings (SSSR count). The van der Waals surface area contributed by atoms with Gasteiger partial charge >= 0.3 is 0 Å². The second kappa shape index (κ2) is 5.42. The highest BCUT2D eigenvalue weighted by Gasteiger charge is 2.36. The van der Waals surface area contributed by atoms with Crippen molar-refractivity contribution in [1.82, 2.24) is 14.5 Å². The Bertz CT molecular complexity index is 826. The van der Waals surface area contributed by atoms with Gasteiger partial charge < -0.3 is 0 Å². The maximum Gasteiger partial charge on any atom is 0.209 e. The van der Waals surface area contributed by atoms with Gasteiger partial charge in [-0.3, -0.25) is 0 Å². The number of rotatable bonds is 3. The molecule has 1 aromatic carbocycles. The van der Waals surface area contributed by atoms with E-state index in [9.17, 15) is 12.8 Å². The molecule has 124 valence electrons. The molecule has 0 spiro atoms. The molecule has 0 bridgehead atoms. The van der Waals surface area contributed by atoms with Crippen molar-refractivity contribution in [3.63, 3.8) is 0 Å². The number of sulfonamides is 1. The van der Waals surface area contributed by atoms with E-state index in [0.717, 1.165) is 23.4 Å². The first-order valence-electron chi connectivity index (χ1n) is 7.45. The molecule has 1 atom stereocenters.